The van der Waals surface area contributed by atoms with Crippen LogP contribution in [0.15, 0.2) is 49.3 Å². The van der Waals surface area contributed by atoms with Gasteiger partial charge in [0.2, 0.25) is 0 Å². The van der Waals surface area contributed by atoms with Crippen LogP contribution in [-0.4, -0.2) is 78.3 Å². The van der Waals surface area contributed by atoms with Crippen molar-refractivity contribution in [1.29, 1.82) is 0 Å². The molecule has 1 aromatic carbocycles. The molecule has 4 aromatic rings. The predicted molar refractivity (Wildman–Crippen MR) is 190 cm³/mol. The number of methoxy groups -OCH3 is 2. The smallest absolute Gasteiger partial charge is 0.419 e. The highest BCUT2D eigenvalue weighted by Crippen LogP contribution is 2.35. The molecule has 284 valence electrons. The molecule has 3 aromatic heterocycles. The number of ether oxygens (including phenoxy) is 5. The monoisotopic (exact) mass is 727 g/mol. The molecule has 0 saturated carbocycles. The molecule has 0 saturated heterocycles. The molecule has 0 unspecified atom stereocenters. The molecule has 0 aliphatic rings. The Morgan fingerprint density at radius 2 is 1.25 bits per heavy atom. The van der Waals surface area contributed by atoms with E-state index in [2.05, 4.69) is 15.0 Å². The van der Waals surface area contributed by atoms with Gasteiger partial charge in [0.1, 0.15) is 29.7 Å². The molecular weight excluding hydrogens is 678 g/mol. The van der Waals surface area contributed by atoms with Crippen LogP contribution in [0.5, 0.6) is 11.5 Å². The first-order valence-electron chi connectivity index (χ1n) is 16.5. The van der Waals surface area contributed by atoms with E-state index in [1.165, 1.54) is 52.4 Å². The second-order valence-corrected chi connectivity index (χ2v) is 12.5. The van der Waals surface area contributed by atoms with Crippen molar-refractivity contribution in [3.05, 3.63) is 82.5 Å². The van der Waals surface area contributed by atoms with Crippen LogP contribution in [0.25, 0.3) is 0 Å². The molecule has 0 atom stereocenters. The summed E-state index contributed by atoms with van der Waals surface area (Å²) in [7, 11) is 2.80. The van der Waals surface area contributed by atoms with E-state index in [0.29, 0.717) is 18.2 Å². The third-order valence-electron chi connectivity index (χ3n) is 6.79. The van der Waals surface area contributed by atoms with Gasteiger partial charge in [0.15, 0.2) is 11.5 Å². The summed E-state index contributed by atoms with van der Waals surface area (Å²) in [5.41, 5.74) is -0.502. The Labute approximate surface area is 303 Å². The van der Waals surface area contributed by atoms with Crippen LogP contribution in [0, 0.1) is 10.1 Å². The number of nitro groups is 1. The summed E-state index contributed by atoms with van der Waals surface area (Å²) in [5, 5.41) is 11.3. The number of nitro benzene ring substituents is 1. The van der Waals surface area contributed by atoms with Gasteiger partial charge in [-0.2, -0.15) is 0 Å². The lowest BCUT2D eigenvalue weighted by Crippen LogP contribution is -2.28. The van der Waals surface area contributed by atoms with Crippen molar-refractivity contribution in [2.45, 2.75) is 92.8 Å². The number of aromatic nitrogens is 6. The first-order chi connectivity index (χ1) is 24.5. The number of imidazole rings is 3. The number of carbonyl (C=O) groups excluding carboxylic acids is 3. The second kappa shape index (κ2) is 19.6. The number of aryl methyl sites for hydroxylation is 1. The Hall–Kier alpha value is -5.74. The molecule has 0 spiro atoms. The largest absolute Gasteiger partial charge is 0.493 e. The fraction of sp³-hybridized carbons (Fsp3) is 0.486. The zero-order chi connectivity index (χ0) is 39.2. The SMILES string of the molecule is CC(C)c1nccn1C(=O)OC(C)(C)C.CCOC(=O)n1ccnc1CC.COc1cc(COC(=O)n2ccnc2C(C)C)c([N+](=O)[O-])cc1OC. The summed E-state index contributed by atoms with van der Waals surface area (Å²) in [4.78, 5) is 58.1. The van der Waals surface area contributed by atoms with Crippen LogP contribution in [-0.2, 0) is 27.2 Å². The van der Waals surface area contributed by atoms with E-state index in [9.17, 15) is 24.5 Å². The molecular formula is C35H49N7O10. The Morgan fingerprint density at radius 1 is 0.769 bits per heavy atom. The van der Waals surface area contributed by atoms with Gasteiger partial charge in [-0.3, -0.25) is 10.1 Å². The Balaban J connectivity index is 0.000000295. The average Bonchev–Trinajstić information content (AvgIpc) is 3.87. The number of hydrogen-bond donors (Lipinski definition) is 0. The minimum Gasteiger partial charge on any atom is -0.493 e. The fourth-order valence-electron chi connectivity index (χ4n) is 4.46. The summed E-state index contributed by atoms with van der Waals surface area (Å²) in [5.74, 6) is 2.76. The highest BCUT2D eigenvalue weighted by Gasteiger charge is 2.23. The van der Waals surface area contributed by atoms with Crippen LogP contribution in [0.4, 0.5) is 20.1 Å². The first-order valence-corrected chi connectivity index (χ1v) is 16.5. The van der Waals surface area contributed by atoms with Crippen LogP contribution >= 0.6 is 0 Å². The standard InChI is InChI=1S/C16H19N3O6.C11H18N2O2.C8H12N2O2/c1-10(2)15-17-5-6-18(15)16(20)25-9-11-7-13(23-3)14(24-4)8-12(11)19(21)22;1-8(2)9-12-6-7-13(9)10(14)15-11(3,4)5;1-3-7-9-5-6-10(7)8(11)12-4-2/h5-8,10H,9H2,1-4H3;6-8H,1-5H3;5-6H,3-4H2,1-2H3. The van der Waals surface area contributed by atoms with E-state index in [0.717, 1.165) is 18.1 Å². The summed E-state index contributed by atoms with van der Waals surface area (Å²) in [6.45, 7) is 17.1. The molecule has 0 N–H and O–H groups in total. The lowest BCUT2D eigenvalue weighted by Gasteiger charge is -2.20. The van der Waals surface area contributed by atoms with E-state index < -0.39 is 16.6 Å². The molecule has 0 aliphatic heterocycles. The first kappa shape index (κ1) is 42.4. The van der Waals surface area contributed by atoms with E-state index in [-0.39, 0.29) is 47.6 Å². The van der Waals surface area contributed by atoms with Gasteiger partial charge in [0, 0.05) is 55.4 Å². The maximum Gasteiger partial charge on any atom is 0.419 e. The summed E-state index contributed by atoms with van der Waals surface area (Å²) in [6, 6.07) is 2.65. The molecule has 0 aliphatic carbocycles. The van der Waals surface area contributed by atoms with E-state index >= 15 is 0 Å². The van der Waals surface area contributed by atoms with Gasteiger partial charge in [0.25, 0.3) is 5.69 Å². The molecule has 0 bridgehead atoms. The average molecular weight is 728 g/mol. The van der Waals surface area contributed by atoms with Crippen molar-refractivity contribution in [2.75, 3.05) is 20.8 Å². The van der Waals surface area contributed by atoms with Crippen LogP contribution in [0.1, 0.15) is 97.2 Å². The zero-order valence-corrected chi connectivity index (χ0v) is 31.6. The van der Waals surface area contributed by atoms with Crippen molar-refractivity contribution >= 4 is 24.0 Å². The van der Waals surface area contributed by atoms with E-state index in [1.54, 1.807) is 31.7 Å². The minimum atomic E-state index is -0.662. The van der Waals surface area contributed by atoms with Crippen LogP contribution < -0.4 is 9.47 Å². The topological polar surface area (TPSA) is 194 Å². The molecule has 0 radical (unpaired) electrons. The second-order valence-electron chi connectivity index (χ2n) is 12.5. The Bertz CT molecular complexity index is 1780. The maximum atomic E-state index is 12.2. The summed E-state index contributed by atoms with van der Waals surface area (Å²) >= 11 is 0. The van der Waals surface area contributed by atoms with Crippen molar-refractivity contribution in [3.8, 4) is 11.5 Å². The Kier molecular flexibility index (Phi) is 16.0. The summed E-state index contributed by atoms with van der Waals surface area (Å²) in [6.07, 6.45) is 8.76. The van der Waals surface area contributed by atoms with Gasteiger partial charge < -0.3 is 23.7 Å². The summed E-state index contributed by atoms with van der Waals surface area (Å²) < 4.78 is 29.6. The number of rotatable bonds is 9. The number of carbonyl (C=O) groups is 3. The van der Waals surface area contributed by atoms with E-state index in [1.807, 2.05) is 55.4 Å². The lowest BCUT2D eigenvalue weighted by atomic mass is 10.1. The van der Waals surface area contributed by atoms with Gasteiger partial charge in [-0.25, -0.2) is 43.0 Å². The predicted octanol–water partition coefficient (Wildman–Crippen LogP) is 7.36. The minimum absolute atomic E-state index is 0.0259. The third-order valence-corrected chi connectivity index (χ3v) is 6.79. The zero-order valence-electron chi connectivity index (χ0n) is 31.6. The normalized spacial score (nSPS) is 10.8. The third kappa shape index (κ3) is 11.9. The number of benzene rings is 1. The van der Waals surface area contributed by atoms with E-state index in [4.69, 9.17) is 23.7 Å². The van der Waals surface area contributed by atoms with Crippen LogP contribution in [0.3, 0.4) is 0 Å². The highest BCUT2D eigenvalue weighted by atomic mass is 16.6. The number of nitrogens with zero attached hydrogens (tertiary/aromatic N) is 7. The maximum absolute atomic E-state index is 12.2. The van der Waals surface area contributed by atoms with Gasteiger partial charge in [0.05, 0.1) is 37.4 Å². The van der Waals surface area contributed by atoms with Crippen molar-refractivity contribution < 1.29 is 43.0 Å². The van der Waals surface area contributed by atoms with Crippen molar-refractivity contribution in [2.24, 2.45) is 0 Å². The van der Waals surface area contributed by atoms with Gasteiger partial charge in [-0.1, -0.05) is 34.6 Å². The van der Waals surface area contributed by atoms with Crippen molar-refractivity contribution in [3.63, 3.8) is 0 Å². The van der Waals surface area contributed by atoms with Gasteiger partial charge in [-0.15, -0.1) is 0 Å². The number of hydrogen-bond acceptors (Lipinski definition) is 13. The van der Waals surface area contributed by atoms with Crippen molar-refractivity contribution in [1.82, 2.24) is 28.7 Å². The molecule has 0 amide bonds. The molecule has 52 heavy (non-hydrogen) atoms. The quantitative estimate of drug-likeness (QED) is 0.0944. The fourth-order valence-corrected chi connectivity index (χ4v) is 4.46. The molecule has 17 heteroatoms. The van der Waals surface area contributed by atoms with Gasteiger partial charge in [-0.05, 0) is 33.8 Å². The Morgan fingerprint density at radius 3 is 1.71 bits per heavy atom. The highest BCUT2D eigenvalue weighted by molar-refractivity contribution is 5.72. The molecule has 4 rings (SSSR count). The van der Waals surface area contributed by atoms with Gasteiger partial charge >= 0.3 is 18.3 Å². The molecule has 3 heterocycles. The molecule has 17 nitrogen and oxygen atoms in total. The van der Waals surface area contributed by atoms with Crippen LogP contribution in [0.2, 0.25) is 0 Å². The molecule has 0 fully saturated rings. The lowest BCUT2D eigenvalue weighted by molar-refractivity contribution is -0.385.